The van der Waals surface area contributed by atoms with Gasteiger partial charge in [-0.3, -0.25) is 0 Å². The molecule has 0 aromatic heterocycles. The Hall–Kier alpha value is -5.14. The van der Waals surface area contributed by atoms with Gasteiger partial charge in [0.15, 0.2) is 0 Å². The first-order valence-electron chi connectivity index (χ1n) is 16.9. The second-order valence-electron chi connectivity index (χ2n) is 13.7. The molecule has 3 atom stereocenters. The van der Waals surface area contributed by atoms with Crippen molar-refractivity contribution in [3.05, 3.63) is 163 Å². The first-order chi connectivity index (χ1) is 22.8. The summed E-state index contributed by atoms with van der Waals surface area (Å²) in [5.41, 5.74) is 12.2. The van der Waals surface area contributed by atoms with Crippen LogP contribution in [0, 0.1) is 11.8 Å². The Bertz CT molecular complexity index is 2300. The Morgan fingerprint density at radius 3 is 2.07 bits per heavy atom. The van der Waals surface area contributed by atoms with Crippen molar-refractivity contribution in [1.82, 2.24) is 0 Å². The van der Waals surface area contributed by atoms with Gasteiger partial charge in [0.1, 0.15) is 0 Å². The molecule has 2 fully saturated rings. The van der Waals surface area contributed by atoms with Crippen LogP contribution < -0.4 is 4.90 Å². The van der Waals surface area contributed by atoms with E-state index in [9.17, 15) is 0 Å². The van der Waals surface area contributed by atoms with Crippen LogP contribution in [0.4, 0.5) is 17.1 Å². The third-order valence-electron chi connectivity index (χ3n) is 11.5. The van der Waals surface area contributed by atoms with Crippen molar-refractivity contribution < 1.29 is 0 Å². The molecule has 7 aromatic rings. The minimum atomic E-state index is 0.137. The van der Waals surface area contributed by atoms with Crippen molar-refractivity contribution in [1.29, 1.82) is 0 Å². The third-order valence-corrected chi connectivity index (χ3v) is 11.5. The molecule has 2 bridgehead atoms. The zero-order valence-corrected chi connectivity index (χ0v) is 25.9. The maximum absolute atomic E-state index is 2.57. The van der Waals surface area contributed by atoms with Crippen molar-refractivity contribution in [3.63, 3.8) is 0 Å². The maximum Gasteiger partial charge on any atom is 0.0540 e. The van der Waals surface area contributed by atoms with E-state index in [0.717, 1.165) is 11.8 Å². The number of hydrogen-bond acceptors (Lipinski definition) is 1. The van der Waals surface area contributed by atoms with E-state index >= 15 is 0 Å². The van der Waals surface area contributed by atoms with Crippen LogP contribution in [0.5, 0.6) is 0 Å². The molecule has 220 valence electrons. The zero-order chi connectivity index (χ0) is 30.2. The predicted molar refractivity (Wildman–Crippen MR) is 193 cm³/mol. The average Bonchev–Trinajstić information content (AvgIpc) is 3.82. The van der Waals surface area contributed by atoms with Crippen LogP contribution in [-0.4, -0.2) is 0 Å². The van der Waals surface area contributed by atoms with Gasteiger partial charge in [-0.25, -0.2) is 0 Å². The number of fused-ring (bicyclic) bond motifs is 11. The summed E-state index contributed by atoms with van der Waals surface area (Å²) in [6.07, 6.45) is 5.40. The predicted octanol–water partition coefficient (Wildman–Crippen LogP) is 12.2. The fraction of sp³-hybridized carbons (Fsp3) is 0.156. The molecule has 3 unspecified atom stereocenters. The van der Waals surface area contributed by atoms with E-state index in [1.54, 1.807) is 11.1 Å². The van der Waals surface area contributed by atoms with Gasteiger partial charge in [-0.15, -0.1) is 0 Å². The van der Waals surface area contributed by atoms with E-state index in [1.807, 2.05) is 0 Å². The molecule has 46 heavy (non-hydrogen) atoms. The second-order valence-corrected chi connectivity index (χ2v) is 13.7. The summed E-state index contributed by atoms with van der Waals surface area (Å²) in [4.78, 5) is 2.52. The third kappa shape index (κ3) is 3.69. The van der Waals surface area contributed by atoms with Crippen LogP contribution in [0.25, 0.3) is 43.8 Å². The molecule has 2 saturated carbocycles. The molecule has 1 heteroatoms. The number of nitrogens with zero attached hydrogens (tertiary/aromatic N) is 1. The highest BCUT2D eigenvalue weighted by Crippen LogP contribution is 2.66. The summed E-state index contributed by atoms with van der Waals surface area (Å²) < 4.78 is 0. The molecule has 0 N–H and O–H groups in total. The fourth-order valence-electron chi connectivity index (χ4n) is 9.61. The summed E-state index contributed by atoms with van der Waals surface area (Å²) in [5.74, 6) is 1.58. The molecule has 0 amide bonds. The number of benzene rings is 7. The highest BCUT2D eigenvalue weighted by atomic mass is 15.1. The molecule has 3 aliphatic carbocycles. The molecule has 0 aliphatic heterocycles. The summed E-state index contributed by atoms with van der Waals surface area (Å²) in [7, 11) is 0. The van der Waals surface area contributed by atoms with Crippen molar-refractivity contribution >= 4 is 38.6 Å². The average molecular weight is 590 g/mol. The van der Waals surface area contributed by atoms with Gasteiger partial charge in [-0.2, -0.15) is 0 Å². The quantitative estimate of drug-likeness (QED) is 0.185. The van der Waals surface area contributed by atoms with E-state index in [0.29, 0.717) is 0 Å². The number of hydrogen-bond donors (Lipinski definition) is 0. The van der Waals surface area contributed by atoms with E-state index in [1.165, 1.54) is 86.5 Å². The molecule has 1 nitrogen and oxygen atoms in total. The Labute approximate surface area is 270 Å². The van der Waals surface area contributed by atoms with Gasteiger partial charge in [-0.1, -0.05) is 128 Å². The standard InChI is InChI=1S/C45H35N/c1-2-10-31(11-3-1)39-14-7-9-17-44(39)46(35-22-24-38-33(27-35)20-19-32-12-4-5-13-37(32)38)36-23-25-41-40-15-6-8-16-42(40)45(43(41)28-36)29-30-18-21-34(45)26-30/h1-17,19-20,22-25,27-28,30,34H,18,21,26,29H2. The largest absolute Gasteiger partial charge is 0.310 e. The van der Waals surface area contributed by atoms with Gasteiger partial charge in [-0.05, 0) is 111 Å². The molecule has 0 radical (unpaired) electrons. The summed E-state index contributed by atoms with van der Waals surface area (Å²) >= 11 is 0. The topological polar surface area (TPSA) is 3.24 Å². The molecule has 0 saturated heterocycles. The van der Waals surface area contributed by atoms with Crippen LogP contribution in [-0.2, 0) is 5.41 Å². The second kappa shape index (κ2) is 9.93. The normalized spacial score (nSPS) is 20.8. The lowest BCUT2D eigenvalue weighted by atomic mass is 9.67. The number of rotatable bonds is 4. The molecule has 10 rings (SSSR count). The zero-order valence-electron chi connectivity index (χ0n) is 25.9. The van der Waals surface area contributed by atoms with Crippen molar-refractivity contribution in [2.45, 2.75) is 31.1 Å². The molecule has 0 heterocycles. The smallest absolute Gasteiger partial charge is 0.0540 e. The Balaban J connectivity index is 1.22. The fourth-order valence-corrected chi connectivity index (χ4v) is 9.61. The van der Waals surface area contributed by atoms with Gasteiger partial charge in [0.25, 0.3) is 0 Å². The minimum absolute atomic E-state index is 0.137. The van der Waals surface area contributed by atoms with Gasteiger partial charge < -0.3 is 4.90 Å². The Morgan fingerprint density at radius 2 is 1.20 bits per heavy atom. The van der Waals surface area contributed by atoms with Crippen LogP contribution in [0.2, 0.25) is 0 Å². The van der Waals surface area contributed by atoms with Crippen LogP contribution >= 0.6 is 0 Å². The first-order valence-corrected chi connectivity index (χ1v) is 16.9. The molecular formula is C45H35N. The Morgan fingerprint density at radius 1 is 0.500 bits per heavy atom. The van der Waals surface area contributed by atoms with E-state index in [-0.39, 0.29) is 5.41 Å². The highest BCUT2D eigenvalue weighted by Gasteiger charge is 2.56. The summed E-state index contributed by atoms with van der Waals surface area (Å²) in [6.45, 7) is 0. The van der Waals surface area contributed by atoms with E-state index in [2.05, 4.69) is 157 Å². The summed E-state index contributed by atoms with van der Waals surface area (Å²) in [6, 6.07) is 56.7. The number of para-hydroxylation sites is 1. The van der Waals surface area contributed by atoms with Crippen molar-refractivity contribution in [2.24, 2.45) is 11.8 Å². The lowest BCUT2D eigenvalue weighted by Crippen LogP contribution is -2.32. The summed E-state index contributed by atoms with van der Waals surface area (Å²) in [5, 5.41) is 5.14. The van der Waals surface area contributed by atoms with Crippen molar-refractivity contribution in [3.8, 4) is 22.3 Å². The Kier molecular flexibility index (Phi) is 5.64. The lowest BCUT2D eigenvalue weighted by Gasteiger charge is -2.37. The molecule has 1 spiro atoms. The monoisotopic (exact) mass is 589 g/mol. The molecule has 3 aliphatic rings. The number of anilines is 3. The van der Waals surface area contributed by atoms with Crippen LogP contribution in [0.1, 0.15) is 36.8 Å². The van der Waals surface area contributed by atoms with Crippen molar-refractivity contribution in [2.75, 3.05) is 4.90 Å². The SMILES string of the molecule is c1ccc(-c2ccccc2N(c2ccc3c(c2)C2(CC4CCC2C4)c2ccccc2-3)c2ccc3c(ccc4ccccc43)c2)cc1. The molecular weight excluding hydrogens is 555 g/mol. The van der Waals surface area contributed by atoms with Gasteiger partial charge in [0.2, 0.25) is 0 Å². The first kappa shape index (κ1) is 26.1. The van der Waals surface area contributed by atoms with Gasteiger partial charge >= 0.3 is 0 Å². The molecule has 7 aromatic carbocycles. The highest BCUT2D eigenvalue weighted by molar-refractivity contribution is 6.08. The maximum atomic E-state index is 2.57. The van der Waals surface area contributed by atoms with E-state index < -0.39 is 0 Å². The van der Waals surface area contributed by atoms with E-state index in [4.69, 9.17) is 0 Å². The minimum Gasteiger partial charge on any atom is -0.310 e. The van der Waals surface area contributed by atoms with Crippen LogP contribution in [0.15, 0.2) is 152 Å². The van der Waals surface area contributed by atoms with Gasteiger partial charge in [0.05, 0.1) is 5.69 Å². The lowest BCUT2D eigenvalue weighted by molar-refractivity contribution is 0.327. The van der Waals surface area contributed by atoms with Crippen LogP contribution in [0.3, 0.4) is 0 Å². The van der Waals surface area contributed by atoms with Gasteiger partial charge in [0, 0.05) is 22.4 Å².